The van der Waals surface area contributed by atoms with E-state index >= 15 is 0 Å². The second kappa shape index (κ2) is 8.86. The maximum Gasteiger partial charge on any atom is 0.193 e. The Morgan fingerprint density at radius 2 is 1.68 bits per heavy atom. The quantitative estimate of drug-likeness (QED) is 0.354. The van der Waals surface area contributed by atoms with Gasteiger partial charge in [-0.25, -0.2) is 0 Å². The minimum Gasteiger partial charge on any atom is -0.494 e. The first-order valence-corrected chi connectivity index (χ1v) is 9.72. The van der Waals surface area contributed by atoms with Crippen LogP contribution < -0.4 is 10.2 Å². The van der Waals surface area contributed by atoms with Gasteiger partial charge in [0.05, 0.1) is 12.0 Å². The number of ether oxygens (including phenoxy) is 1. The van der Waals surface area contributed by atoms with Crippen LogP contribution in [0.1, 0.15) is 25.7 Å². The predicted molar refractivity (Wildman–Crippen MR) is 106 cm³/mol. The number of rotatable bonds is 8. The molecule has 3 aromatic rings. The first-order chi connectivity index (χ1) is 12.3. The lowest BCUT2D eigenvalue weighted by Crippen LogP contribution is -2.00. The van der Waals surface area contributed by atoms with Crippen LogP contribution >= 0.6 is 15.9 Å². The Labute approximate surface area is 155 Å². The molecule has 0 saturated heterocycles. The van der Waals surface area contributed by atoms with E-state index in [4.69, 9.17) is 9.15 Å². The minimum atomic E-state index is -0.0272. The van der Waals surface area contributed by atoms with E-state index in [1.807, 2.05) is 42.5 Å². The summed E-state index contributed by atoms with van der Waals surface area (Å²) >= 11 is 3.44. The molecule has 3 nitrogen and oxygen atoms in total. The minimum absolute atomic E-state index is 0.0272. The van der Waals surface area contributed by atoms with Gasteiger partial charge in [-0.05, 0) is 49.2 Å². The molecule has 0 unspecified atom stereocenters. The van der Waals surface area contributed by atoms with Gasteiger partial charge < -0.3 is 9.15 Å². The van der Waals surface area contributed by atoms with Gasteiger partial charge in [0.25, 0.3) is 0 Å². The summed E-state index contributed by atoms with van der Waals surface area (Å²) in [5.74, 6) is 1.41. The van der Waals surface area contributed by atoms with E-state index in [1.54, 1.807) is 12.1 Å². The third kappa shape index (κ3) is 4.73. The van der Waals surface area contributed by atoms with Crippen LogP contribution in [0.5, 0.6) is 5.75 Å². The summed E-state index contributed by atoms with van der Waals surface area (Å²) in [6, 6.07) is 16.5. The topological polar surface area (TPSA) is 39.4 Å². The van der Waals surface area contributed by atoms with Gasteiger partial charge in [0.1, 0.15) is 17.1 Å². The second-order valence-electron chi connectivity index (χ2n) is 5.95. The number of fused-ring (bicyclic) bond motifs is 1. The molecule has 0 aliphatic heterocycles. The van der Waals surface area contributed by atoms with Gasteiger partial charge in [-0.1, -0.05) is 40.9 Å². The molecule has 4 heteroatoms. The van der Waals surface area contributed by atoms with Crippen molar-refractivity contribution in [1.82, 2.24) is 0 Å². The molecule has 130 valence electrons. The number of hydrogen-bond acceptors (Lipinski definition) is 3. The fraction of sp³-hybridized carbons (Fsp3) is 0.286. The second-order valence-corrected chi connectivity index (χ2v) is 6.74. The number of unbranched alkanes of at least 4 members (excludes halogenated alkanes) is 3. The van der Waals surface area contributed by atoms with Crippen molar-refractivity contribution < 1.29 is 9.15 Å². The van der Waals surface area contributed by atoms with Crippen molar-refractivity contribution in [1.29, 1.82) is 0 Å². The monoisotopic (exact) mass is 400 g/mol. The third-order valence-corrected chi connectivity index (χ3v) is 4.63. The third-order valence-electron chi connectivity index (χ3n) is 4.07. The lowest BCUT2D eigenvalue weighted by atomic mass is 10.1. The first kappa shape index (κ1) is 17.7. The van der Waals surface area contributed by atoms with Crippen molar-refractivity contribution in [2.75, 3.05) is 11.9 Å². The number of para-hydroxylation sites is 1. The van der Waals surface area contributed by atoms with Gasteiger partial charge in [-0.15, -0.1) is 0 Å². The maximum atomic E-state index is 12.2. The molecule has 0 bridgehead atoms. The van der Waals surface area contributed by atoms with Crippen LogP contribution in [0.3, 0.4) is 0 Å². The molecule has 0 aliphatic rings. The first-order valence-electron chi connectivity index (χ1n) is 8.60. The van der Waals surface area contributed by atoms with Crippen molar-refractivity contribution in [3.8, 4) is 17.1 Å². The van der Waals surface area contributed by atoms with Gasteiger partial charge in [0, 0.05) is 17.0 Å². The molecule has 25 heavy (non-hydrogen) atoms. The molecule has 3 rings (SSSR count). The molecule has 0 fully saturated rings. The largest absolute Gasteiger partial charge is 0.494 e. The van der Waals surface area contributed by atoms with E-state index in [9.17, 15) is 4.79 Å². The summed E-state index contributed by atoms with van der Waals surface area (Å²) < 4.78 is 11.6. The van der Waals surface area contributed by atoms with Gasteiger partial charge >= 0.3 is 0 Å². The Bertz CT molecular complexity index is 868. The van der Waals surface area contributed by atoms with Gasteiger partial charge in [-0.3, -0.25) is 4.79 Å². The molecular weight excluding hydrogens is 380 g/mol. The number of alkyl halides is 1. The molecule has 0 atom stereocenters. The van der Waals surface area contributed by atoms with E-state index in [2.05, 4.69) is 15.9 Å². The van der Waals surface area contributed by atoms with Crippen molar-refractivity contribution in [3.05, 3.63) is 64.8 Å². The van der Waals surface area contributed by atoms with Crippen LogP contribution in [0.15, 0.2) is 63.8 Å². The average molecular weight is 401 g/mol. The molecular formula is C21H21BrO3. The van der Waals surface area contributed by atoms with Gasteiger partial charge in [0.2, 0.25) is 0 Å². The Kier molecular flexibility index (Phi) is 6.29. The average Bonchev–Trinajstić information content (AvgIpc) is 2.65. The lowest BCUT2D eigenvalue weighted by Gasteiger charge is -2.07. The van der Waals surface area contributed by atoms with Gasteiger partial charge in [0.15, 0.2) is 5.43 Å². The molecule has 0 radical (unpaired) electrons. The van der Waals surface area contributed by atoms with E-state index < -0.39 is 0 Å². The zero-order valence-electron chi connectivity index (χ0n) is 14.0. The fourth-order valence-electron chi connectivity index (χ4n) is 2.70. The normalized spacial score (nSPS) is 10.9. The Balaban J connectivity index is 1.65. The van der Waals surface area contributed by atoms with Crippen LogP contribution in [0.2, 0.25) is 0 Å². The highest BCUT2D eigenvalue weighted by atomic mass is 79.9. The van der Waals surface area contributed by atoms with Gasteiger partial charge in [-0.2, -0.15) is 0 Å². The SMILES string of the molecule is O=c1cc(-c2ccc(OCCCCCCBr)cc2)oc2ccccc12. The lowest BCUT2D eigenvalue weighted by molar-refractivity contribution is 0.305. The van der Waals surface area contributed by atoms with E-state index in [0.717, 1.165) is 29.7 Å². The highest BCUT2D eigenvalue weighted by Crippen LogP contribution is 2.24. The summed E-state index contributed by atoms with van der Waals surface area (Å²) in [5, 5.41) is 1.67. The standard InChI is InChI=1S/C21H21BrO3/c22-13-5-1-2-6-14-24-17-11-9-16(10-12-17)21-15-19(23)18-7-3-4-8-20(18)25-21/h3-4,7-12,15H,1-2,5-6,13-14H2. The number of hydrogen-bond donors (Lipinski definition) is 0. The van der Waals surface area contributed by atoms with Crippen LogP contribution in [-0.2, 0) is 0 Å². The summed E-state index contributed by atoms with van der Waals surface area (Å²) in [6.45, 7) is 0.729. The molecule has 2 aromatic carbocycles. The molecule has 1 heterocycles. The highest BCUT2D eigenvalue weighted by molar-refractivity contribution is 9.09. The number of halogens is 1. The number of benzene rings is 2. The van der Waals surface area contributed by atoms with E-state index in [-0.39, 0.29) is 5.43 Å². The zero-order valence-corrected chi connectivity index (χ0v) is 15.6. The van der Waals surface area contributed by atoms with E-state index in [1.165, 1.54) is 19.3 Å². The highest BCUT2D eigenvalue weighted by Gasteiger charge is 2.06. The molecule has 1 aromatic heterocycles. The van der Waals surface area contributed by atoms with Crippen LogP contribution in [0.25, 0.3) is 22.3 Å². The zero-order chi connectivity index (χ0) is 17.5. The Hall–Kier alpha value is -2.07. The predicted octanol–water partition coefficient (Wildman–Crippen LogP) is 5.79. The van der Waals surface area contributed by atoms with Crippen molar-refractivity contribution in [2.24, 2.45) is 0 Å². The van der Waals surface area contributed by atoms with Crippen molar-refractivity contribution in [2.45, 2.75) is 25.7 Å². The van der Waals surface area contributed by atoms with Crippen molar-refractivity contribution >= 4 is 26.9 Å². The summed E-state index contributed by atoms with van der Waals surface area (Å²) in [4.78, 5) is 12.2. The Morgan fingerprint density at radius 3 is 2.48 bits per heavy atom. The summed E-state index contributed by atoms with van der Waals surface area (Å²) in [5.41, 5.74) is 1.45. The fourth-order valence-corrected chi connectivity index (χ4v) is 3.10. The molecule has 0 saturated carbocycles. The molecule has 0 N–H and O–H groups in total. The Morgan fingerprint density at radius 1 is 0.920 bits per heavy atom. The van der Waals surface area contributed by atoms with Crippen LogP contribution in [0.4, 0.5) is 0 Å². The van der Waals surface area contributed by atoms with Crippen molar-refractivity contribution in [3.63, 3.8) is 0 Å². The van der Waals surface area contributed by atoms with Crippen LogP contribution in [0, 0.1) is 0 Å². The maximum absolute atomic E-state index is 12.2. The molecule has 0 aliphatic carbocycles. The molecule has 0 spiro atoms. The summed E-state index contributed by atoms with van der Waals surface area (Å²) in [6.07, 6.45) is 4.69. The molecule has 0 amide bonds. The van der Waals surface area contributed by atoms with E-state index in [0.29, 0.717) is 16.7 Å². The smallest absolute Gasteiger partial charge is 0.193 e. The summed E-state index contributed by atoms with van der Waals surface area (Å²) in [7, 11) is 0. The van der Waals surface area contributed by atoms with Crippen LogP contribution in [-0.4, -0.2) is 11.9 Å².